The van der Waals surface area contributed by atoms with Crippen molar-refractivity contribution in [2.75, 3.05) is 0 Å². The molecule has 0 saturated heterocycles. The average molecular weight is 355 g/mol. The van der Waals surface area contributed by atoms with Gasteiger partial charge in [-0.25, -0.2) is 0 Å². The van der Waals surface area contributed by atoms with E-state index in [9.17, 15) is 0 Å². The van der Waals surface area contributed by atoms with Crippen molar-refractivity contribution < 1.29 is 4.74 Å². The van der Waals surface area contributed by atoms with Crippen LogP contribution in [0.4, 0.5) is 0 Å². The molecular formula is C24H50O. The normalized spacial score (nSPS) is 15.8. The van der Waals surface area contributed by atoms with Crippen molar-refractivity contribution in [3.63, 3.8) is 0 Å². The first-order valence-electron chi connectivity index (χ1n) is 11.1. The van der Waals surface area contributed by atoms with Gasteiger partial charge in [0.25, 0.3) is 0 Å². The average Bonchev–Trinajstić information content (AvgIpc) is 2.45. The van der Waals surface area contributed by atoms with Gasteiger partial charge in [0.1, 0.15) is 0 Å². The van der Waals surface area contributed by atoms with Crippen molar-refractivity contribution in [3.05, 3.63) is 0 Å². The molecule has 0 aliphatic rings. The molecule has 0 saturated carbocycles. The van der Waals surface area contributed by atoms with Gasteiger partial charge in [-0.3, -0.25) is 0 Å². The predicted octanol–water partition coefficient (Wildman–Crippen LogP) is 8.27. The van der Waals surface area contributed by atoms with Gasteiger partial charge >= 0.3 is 0 Å². The van der Waals surface area contributed by atoms with Crippen molar-refractivity contribution in [1.82, 2.24) is 0 Å². The van der Waals surface area contributed by atoms with E-state index < -0.39 is 0 Å². The van der Waals surface area contributed by atoms with Crippen molar-refractivity contribution in [1.29, 1.82) is 0 Å². The molecule has 1 heteroatoms. The molecule has 2 unspecified atom stereocenters. The van der Waals surface area contributed by atoms with Gasteiger partial charge in [-0.2, -0.15) is 0 Å². The third-order valence-corrected chi connectivity index (χ3v) is 5.87. The lowest BCUT2D eigenvalue weighted by atomic mass is 9.76. The highest BCUT2D eigenvalue weighted by molar-refractivity contribution is 4.85. The lowest BCUT2D eigenvalue weighted by molar-refractivity contribution is -0.127. The first-order chi connectivity index (χ1) is 11.5. The Morgan fingerprint density at radius 1 is 0.600 bits per heavy atom. The molecule has 0 heterocycles. The zero-order chi connectivity index (χ0) is 19.7. The van der Waals surface area contributed by atoms with Crippen LogP contribution in [0.2, 0.25) is 0 Å². The fourth-order valence-electron chi connectivity index (χ4n) is 4.06. The third kappa shape index (κ3) is 10.0. The molecule has 0 fully saturated rings. The lowest BCUT2D eigenvalue weighted by Gasteiger charge is -2.42. The van der Waals surface area contributed by atoms with E-state index in [-0.39, 0.29) is 10.8 Å². The Balaban J connectivity index is 5.32. The molecule has 0 N–H and O–H groups in total. The summed E-state index contributed by atoms with van der Waals surface area (Å²) in [5.41, 5.74) is 0.532. The highest BCUT2D eigenvalue weighted by Crippen LogP contribution is 2.39. The second-order valence-electron chi connectivity index (χ2n) is 10.5. The van der Waals surface area contributed by atoms with E-state index >= 15 is 0 Å². The predicted molar refractivity (Wildman–Crippen MR) is 114 cm³/mol. The molecule has 25 heavy (non-hydrogen) atoms. The summed E-state index contributed by atoms with van der Waals surface area (Å²) in [6, 6.07) is 0. The molecule has 0 aliphatic carbocycles. The van der Waals surface area contributed by atoms with Gasteiger partial charge in [-0.15, -0.1) is 0 Å². The summed E-state index contributed by atoms with van der Waals surface area (Å²) in [7, 11) is 0. The van der Waals surface area contributed by atoms with E-state index in [0.29, 0.717) is 12.2 Å². The molecule has 0 spiro atoms. The summed E-state index contributed by atoms with van der Waals surface area (Å²) < 4.78 is 6.99. The number of rotatable bonds is 14. The van der Waals surface area contributed by atoms with E-state index in [1.54, 1.807) is 0 Å². The van der Waals surface area contributed by atoms with Gasteiger partial charge in [-0.1, -0.05) is 82.1 Å². The van der Waals surface area contributed by atoms with Gasteiger partial charge in [-0.05, 0) is 61.2 Å². The van der Waals surface area contributed by atoms with Crippen LogP contribution in [0.15, 0.2) is 0 Å². The Labute approximate surface area is 160 Å². The summed E-state index contributed by atoms with van der Waals surface area (Å²) in [6.07, 6.45) is 10.7. The van der Waals surface area contributed by atoms with E-state index in [4.69, 9.17) is 4.74 Å². The van der Waals surface area contributed by atoms with Crippen molar-refractivity contribution in [3.8, 4) is 0 Å². The van der Waals surface area contributed by atoms with Gasteiger partial charge < -0.3 is 4.74 Å². The minimum Gasteiger partial charge on any atom is -0.374 e. The van der Waals surface area contributed by atoms with Crippen LogP contribution in [0, 0.1) is 22.7 Å². The van der Waals surface area contributed by atoms with Crippen LogP contribution in [-0.4, -0.2) is 12.2 Å². The minimum atomic E-state index is 0.266. The maximum absolute atomic E-state index is 6.99. The Hall–Kier alpha value is -0.0400. The molecule has 152 valence electrons. The van der Waals surface area contributed by atoms with E-state index in [1.807, 2.05) is 0 Å². The largest absolute Gasteiger partial charge is 0.374 e. The highest BCUT2D eigenvalue weighted by Gasteiger charge is 2.36. The zero-order valence-electron chi connectivity index (χ0n) is 19.4. The molecular weight excluding hydrogens is 304 g/mol. The van der Waals surface area contributed by atoms with Gasteiger partial charge in [0.05, 0.1) is 12.2 Å². The fraction of sp³-hybridized carbons (Fsp3) is 1.00. The van der Waals surface area contributed by atoms with Crippen LogP contribution >= 0.6 is 0 Å². The second-order valence-corrected chi connectivity index (χ2v) is 10.5. The summed E-state index contributed by atoms with van der Waals surface area (Å²) in [5, 5.41) is 0. The van der Waals surface area contributed by atoms with Crippen molar-refractivity contribution >= 4 is 0 Å². The molecule has 0 aromatic carbocycles. The SMILES string of the molecule is CCCC(C)(C)C(CCC(C)C)OC(CCC(C)C)C(C)(C)CCC. The van der Waals surface area contributed by atoms with Gasteiger partial charge in [0.2, 0.25) is 0 Å². The molecule has 0 aliphatic heterocycles. The Bertz CT molecular complexity index is 295. The first kappa shape index (κ1) is 25.0. The molecule has 1 nitrogen and oxygen atoms in total. The zero-order valence-corrected chi connectivity index (χ0v) is 19.4. The first-order valence-corrected chi connectivity index (χ1v) is 11.1. The third-order valence-electron chi connectivity index (χ3n) is 5.87. The maximum Gasteiger partial charge on any atom is 0.0630 e. The molecule has 0 aromatic rings. The van der Waals surface area contributed by atoms with E-state index in [2.05, 4.69) is 69.2 Å². The molecule has 0 amide bonds. The minimum absolute atomic E-state index is 0.266. The molecule has 0 rings (SSSR count). The fourth-order valence-corrected chi connectivity index (χ4v) is 4.06. The molecule has 2 atom stereocenters. The summed E-state index contributed by atoms with van der Waals surface area (Å²) in [5.74, 6) is 1.50. The summed E-state index contributed by atoms with van der Waals surface area (Å²) in [6.45, 7) is 23.6. The summed E-state index contributed by atoms with van der Waals surface area (Å²) in [4.78, 5) is 0. The second kappa shape index (κ2) is 11.6. The van der Waals surface area contributed by atoms with Gasteiger partial charge in [0, 0.05) is 0 Å². The quantitative estimate of drug-likeness (QED) is 0.305. The van der Waals surface area contributed by atoms with Crippen LogP contribution in [0.3, 0.4) is 0 Å². The van der Waals surface area contributed by atoms with E-state index in [1.165, 1.54) is 51.4 Å². The number of ether oxygens (including phenoxy) is 1. The number of hydrogen-bond acceptors (Lipinski definition) is 1. The molecule has 0 radical (unpaired) electrons. The Morgan fingerprint density at radius 3 is 1.16 bits per heavy atom. The molecule has 0 bridgehead atoms. The maximum atomic E-state index is 6.99. The van der Waals surface area contributed by atoms with Crippen LogP contribution < -0.4 is 0 Å². The van der Waals surface area contributed by atoms with Crippen LogP contribution in [-0.2, 0) is 4.74 Å². The standard InChI is InChI=1S/C24H50O/c1-11-17-23(7,8)21(15-13-19(3)4)25-22(16-14-20(5)6)24(9,10)18-12-2/h19-22H,11-18H2,1-10H3. The topological polar surface area (TPSA) is 9.23 Å². The Morgan fingerprint density at radius 2 is 0.920 bits per heavy atom. The summed E-state index contributed by atoms with van der Waals surface area (Å²) >= 11 is 0. The Kier molecular flexibility index (Phi) is 11.6. The lowest BCUT2D eigenvalue weighted by Crippen LogP contribution is -2.41. The van der Waals surface area contributed by atoms with Crippen LogP contribution in [0.1, 0.15) is 121 Å². The highest BCUT2D eigenvalue weighted by atomic mass is 16.5. The number of hydrogen-bond donors (Lipinski definition) is 0. The van der Waals surface area contributed by atoms with Crippen LogP contribution in [0.25, 0.3) is 0 Å². The van der Waals surface area contributed by atoms with Crippen molar-refractivity contribution in [2.24, 2.45) is 22.7 Å². The molecule has 0 aromatic heterocycles. The monoisotopic (exact) mass is 354 g/mol. The smallest absolute Gasteiger partial charge is 0.0630 e. The van der Waals surface area contributed by atoms with E-state index in [0.717, 1.165) is 11.8 Å². The van der Waals surface area contributed by atoms with Crippen molar-refractivity contribution in [2.45, 2.75) is 133 Å². The van der Waals surface area contributed by atoms with Crippen LogP contribution in [0.5, 0.6) is 0 Å². The van der Waals surface area contributed by atoms with Gasteiger partial charge in [0.15, 0.2) is 0 Å².